The van der Waals surface area contributed by atoms with Gasteiger partial charge < -0.3 is 10.6 Å². The molecule has 0 unspecified atom stereocenters. The fourth-order valence-electron chi connectivity index (χ4n) is 2.20. The standard InChI is InChI=1S/C13H18N2OS/c1-17-8-6-13(16)15-7-2-3-10-9-11(14)4-5-12(10)15/h4-5,9H,2-3,6-8,14H2,1H3. The lowest BCUT2D eigenvalue weighted by molar-refractivity contribution is -0.118. The Hall–Kier alpha value is -1.16. The monoisotopic (exact) mass is 250 g/mol. The summed E-state index contributed by atoms with van der Waals surface area (Å²) in [5.41, 5.74) is 8.81. The van der Waals surface area contributed by atoms with Crippen LogP contribution in [0.15, 0.2) is 18.2 Å². The first-order chi connectivity index (χ1) is 8.22. The molecule has 0 atom stereocenters. The van der Waals surface area contributed by atoms with Crippen LogP contribution in [0.1, 0.15) is 18.4 Å². The summed E-state index contributed by atoms with van der Waals surface area (Å²) in [4.78, 5) is 14.0. The zero-order valence-corrected chi connectivity index (χ0v) is 10.9. The molecule has 1 aliphatic heterocycles. The van der Waals surface area contributed by atoms with Crippen LogP contribution >= 0.6 is 11.8 Å². The molecule has 0 saturated carbocycles. The highest BCUT2D eigenvalue weighted by Crippen LogP contribution is 2.29. The van der Waals surface area contributed by atoms with Crippen LogP contribution in [0.2, 0.25) is 0 Å². The Morgan fingerprint density at radius 3 is 3.12 bits per heavy atom. The summed E-state index contributed by atoms with van der Waals surface area (Å²) < 4.78 is 0. The number of carbonyl (C=O) groups is 1. The molecule has 1 amide bonds. The van der Waals surface area contributed by atoms with Gasteiger partial charge in [-0.05, 0) is 42.9 Å². The first-order valence-electron chi connectivity index (χ1n) is 5.90. The van der Waals surface area contributed by atoms with E-state index in [1.54, 1.807) is 11.8 Å². The molecule has 2 N–H and O–H groups in total. The molecular weight excluding hydrogens is 232 g/mol. The number of benzene rings is 1. The topological polar surface area (TPSA) is 46.3 Å². The van der Waals surface area contributed by atoms with Crippen LogP contribution in [0.5, 0.6) is 0 Å². The molecule has 4 heteroatoms. The number of nitrogens with zero attached hydrogens (tertiary/aromatic N) is 1. The lowest BCUT2D eigenvalue weighted by Gasteiger charge is -2.29. The van der Waals surface area contributed by atoms with Crippen molar-refractivity contribution in [3.63, 3.8) is 0 Å². The number of nitrogens with two attached hydrogens (primary N) is 1. The van der Waals surface area contributed by atoms with Crippen molar-refractivity contribution in [1.29, 1.82) is 0 Å². The fourth-order valence-corrected chi connectivity index (χ4v) is 2.58. The molecule has 1 aromatic rings. The Bertz CT molecular complexity index is 420. The van der Waals surface area contributed by atoms with Crippen LogP contribution in [0, 0.1) is 0 Å². The van der Waals surface area contributed by atoms with E-state index in [-0.39, 0.29) is 5.91 Å². The van der Waals surface area contributed by atoms with Crippen molar-refractivity contribution in [2.45, 2.75) is 19.3 Å². The zero-order valence-electron chi connectivity index (χ0n) is 10.1. The van der Waals surface area contributed by atoms with Gasteiger partial charge >= 0.3 is 0 Å². The summed E-state index contributed by atoms with van der Waals surface area (Å²) in [6.07, 6.45) is 4.69. The SMILES string of the molecule is CSCCC(=O)N1CCCc2cc(N)ccc21. The van der Waals surface area contributed by atoms with E-state index in [9.17, 15) is 4.79 Å². The van der Waals surface area contributed by atoms with E-state index in [0.29, 0.717) is 6.42 Å². The highest BCUT2D eigenvalue weighted by molar-refractivity contribution is 7.98. The van der Waals surface area contributed by atoms with E-state index in [4.69, 9.17) is 5.73 Å². The number of amides is 1. The van der Waals surface area contributed by atoms with Gasteiger partial charge in [0.15, 0.2) is 0 Å². The van der Waals surface area contributed by atoms with E-state index in [2.05, 4.69) is 0 Å². The van der Waals surface area contributed by atoms with Crippen molar-refractivity contribution in [2.75, 3.05) is 29.2 Å². The van der Waals surface area contributed by atoms with E-state index in [1.165, 1.54) is 5.56 Å². The molecule has 1 heterocycles. The summed E-state index contributed by atoms with van der Waals surface area (Å²) in [7, 11) is 0. The van der Waals surface area contributed by atoms with E-state index in [1.807, 2.05) is 29.4 Å². The Morgan fingerprint density at radius 1 is 1.53 bits per heavy atom. The van der Waals surface area contributed by atoms with Gasteiger partial charge in [-0.3, -0.25) is 4.79 Å². The molecule has 1 aromatic carbocycles. The van der Waals surface area contributed by atoms with Crippen molar-refractivity contribution in [2.24, 2.45) is 0 Å². The maximum atomic E-state index is 12.1. The van der Waals surface area contributed by atoms with Crippen LogP contribution in [0.3, 0.4) is 0 Å². The largest absolute Gasteiger partial charge is 0.399 e. The number of nitrogen functional groups attached to an aromatic ring is 1. The van der Waals surface area contributed by atoms with Gasteiger partial charge in [0.25, 0.3) is 0 Å². The number of fused-ring (bicyclic) bond motifs is 1. The van der Waals surface area contributed by atoms with Gasteiger partial charge in [-0.25, -0.2) is 0 Å². The van der Waals surface area contributed by atoms with Gasteiger partial charge in [0, 0.05) is 30.1 Å². The maximum absolute atomic E-state index is 12.1. The molecule has 0 aliphatic carbocycles. The van der Waals surface area contributed by atoms with Crippen LogP contribution in [-0.2, 0) is 11.2 Å². The number of hydrogen-bond acceptors (Lipinski definition) is 3. The Morgan fingerprint density at radius 2 is 2.35 bits per heavy atom. The van der Waals surface area contributed by atoms with Gasteiger partial charge in [0.1, 0.15) is 0 Å². The molecule has 1 aliphatic rings. The third-order valence-electron chi connectivity index (χ3n) is 3.04. The maximum Gasteiger partial charge on any atom is 0.227 e. The van der Waals surface area contributed by atoms with E-state index in [0.717, 1.165) is 36.5 Å². The van der Waals surface area contributed by atoms with Crippen LogP contribution < -0.4 is 10.6 Å². The minimum absolute atomic E-state index is 0.227. The minimum Gasteiger partial charge on any atom is -0.399 e. The number of anilines is 2. The average molecular weight is 250 g/mol. The second-order valence-corrected chi connectivity index (χ2v) is 5.27. The van der Waals surface area contributed by atoms with Crippen LogP contribution in [-0.4, -0.2) is 24.5 Å². The number of carbonyl (C=O) groups excluding carboxylic acids is 1. The first-order valence-corrected chi connectivity index (χ1v) is 7.29. The summed E-state index contributed by atoms with van der Waals surface area (Å²) in [6, 6.07) is 5.84. The second-order valence-electron chi connectivity index (χ2n) is 4.28. The lowest BCUT2D eigenvalue weighted by Crippen LogP contribution is -2.35. The number of rotatable bonds is 3. The van der Waals surface area contributed by atoms with Crippen LogP contribution in [0.25, 0.3) is 0 Å². The molecule has 2 rings (SSSR count). The van der Waals surface area contributed by atoms with Crippen molar-refractivity contribution in [1.82, 2.24) is 0 Å². The van der Waals surface area contributed by atoms with E-state index < -0.39 is 0 Å². The molecule has 0 fully saturated rings. The quantitative estimate of drug-likeness (QED) is 0.837. The van der Waals surface area contributed by atoms with Gasteiger partial charge in [-0.2, -0.15) is 11.8 Å². The molecule has 92 valence electrons. The Balaban J connectivity index is 2.19. The van der Waals surface area contributed by atoms with Crippen molar-refractivity contribution < 1.29 is 4.79 Å². The highest BCUT2D eigenvalue weighted by atomic mass is 32.2. The molecule has 0 radical (unpaired) electrons. The van der Waals surface area contributed by atoms with Gasteiger partial charge in [-0.15, -0.1) is 0 Å². The smallest absolute Gasteiger partial charge is 0.227 e. The number of aryl methyl sites for hydroxylation is 1. The predicted octanol–water partition coefficient (Wildman–Crippen LogP) is 2.30. The molecule has 17 heavy (non-hydrogen) atoms. The summed E-state index contributed by atoms with van der Waals surface area (Å²) in [5, 5.41) is 0. The molecule has 0 spiro atoms. The third kappa shape index (κ3) is 2.75. The van der Waals surface area contributed by atoms with E-state index >= 15 is 0 Å². The number of thioether (sulfide) groups is 1. The predicted molar refractivity (Wildman–Crippen MR) is 74.5 cm³/mol. The van der Waals surface area contributed by atoms with Crippen molar-refractivity contribution in [3.05, 3.63) is 23.8 Å². The average Bonchev–Trinajstić information content (AvgIpc) is 2.34. The van der Waals surface area contributed by atoms with Crippen molar-refractivity contribution in [3.8, 4) is 0 Å². The summed E-state index contributed by atoms with van der Waals surface area (Å²) in [5.74, 6) is 1.12. The summed E-state index contributed by atoms with van der Waals surface area (Å²) >= 11 is 1.71. The second kappa shape index (κ2) is 5.45. The zero-order chi connectivity index (χ0) is 12.3. The molecule has 0 aromatic heterocycles. The fraction of sp³-hybridized carbons (Fsp3) is 0.462. The summed E-state index contributed by atoms with van der Waals surface area (Å²) in [6.45, 7) is 0.837. The third-order valence-corrected chi connectivity index (χ3v) is 3.66. The Labute approximate surface area is 106 Å². The normalized spacial score (nSPS) is 14.5. The molecular formula is C13H18N2OS. The molecule has 3 nitrogen and oxygen atoms in total. The minimum atomic E-state index is 0.227. The Kier molecular flexibility index (Phi) is 3.94. The molecule has 0 saturated heterocycles. The van der Waals surface area contributed by atoms with Crippen molar-refractivity contribution >= 4 is 29.0 Å². The lowest BCUT2D eigenvalue weighted by atomic mass is 10.0. The van der Waals surface area contributed by atoms with Gasteiger partial charge in [0.05, 0.1) is 0 Å². The number of hydrogen-bond donors (Lipinski definition) is 1. The molecule has 0 bridgehead atoms. The first kappa shape index (κ1) is 12.3. The van der Waals surface area contributed by atoms with Gasteiger partial charge in [0.2, 0.25) is 5.91 Å². The van der Waals surface area contributed by atoms with Crippen LogP contribution in [0.4, 0.5) is 11.4 Å². The van der Waals surface area contributed by atoms with Gasteiger partial charge in [-0.1, -0.05) is 0 Å². The highest BCUT2D eigenvalue weighted by Gasteiger charge is 2.21.